The number of sulfonamides is 1. The number of benzene rings is 2. The first-order valence-electron chi connectivity index (χ1n) is 8.94. The van der Waals surface area contributed by atoms with Crippen LogP contribution in [-0.2, 0) is 21.2 Å². The molecule has 0 aliphatic carbocycles. The molecule has 0 unspecified atom stereocenters. The van der Waals surface area contributed by atoms with Crippen molar-refractivity contribution in [3.05, 3.63) is 40.4 Å². The van der Waals surface area contributed by atoms with Crippen LogP contribution in [0.25, 0.3) is 0 Å². The fourth-order valence-electron chi connectivity index (χ4n) is 3.36. The normalized spacial score (nSPS) is 15.3. The molecule has 0 atom stereocenters. The second-order valence-corrected chi connectivity index (χ2v) is 9.03. The van der Waals surface area contributed by atoms with E-state index in [0.29, 0.717) is 59.9 Å². The fourth-order valence-corrected chi connectivity index (χ4v) is 5.52. The van der Waals surface area contributed by atoms with Gasteiger partial charge in [0.05, 0.1) is 5.69 Å². The highest BCUT2D eigenvalue weighted by Crippen LogP contribution is 2.37. The maximum atomic E-state index is 13.0. The number of hydrogen-bond donors (Lipinski definition) is 1. The molecule has 0 saturated carbocycles. The van der Waals surface area contributed by atoms with Crippen LogP contribution in [-0.4, -0.2) is 34.1 Å². The monoisotopic (exact) mass is 466 g/mol. The van der Waals surface area contributed by atoms with Gasteiger partial charge in [0.25, 0.3) is 10.0 Å². The number of nitrogens with one attached hydrogen (secondary N) is 1. The van der Waals surface area contributed by atoms with Crippen LogP contribution in [0.3, 0.4) is 0 Å². The lowest BCUT2D eigenvalue weighted by molar-refractivity contribution is -0.118. The summed E-state index contributed by atoms with van der Waals surface area (Å²) in [6.07, 6.45) is 1.07. The lowest BCUT2D eigenvalue weighted by Gasteiger charge is -2.20. The molecule has 0 saturated heterocycles. The quantitative estimate of drug-likeness (QED) is 0.746. The van der Waals surface area contributed by atoms with Gasteiger partial charge >= 0.3 is 0 Å². The van der Waals surface area contributed by atoms with Gasteiger partial charge in [0.2, 0.25) is 5.91 Å². The molecular weight excluding hydrogens is 448 g/mol. The molecule has 28 heavy (non-hydrogen) atoms. The van der Waals surface area contributed by atoms with Crippen LogP contribution in [0.5, 0.6) is 11.5 Å². The van der Waals surface area contributed by atoms with Gasteiger partial charge in [-0.1, -0.05) is 6.92 Å². The summed E-state index contributed by atoms with van der Waals surface area (Å²) in [6, 6.07) is 8.22. The van der Waals surface area contributed by atoms with Gasteiger partial charge in [-0.05, 0) is 52.2 Å². The third-order valence-corrected chi connectivity index (χ3v) is 7.06. The van der Waals surface area contributed by atoms with E-state index < -0.39 is 10.0 Å². The molecule has 0 aromatic heterocycles. The minimum Gasteiger partial charge on any atom is -0.486 e. The Balaban J connectivity index is 1.67. The average Bonchev–Trinajstić information content (AvgIpc) is 3.09. The number of ether oxygens (including phenoxy) is 2. The minimum atomic E-state index is -3.88. The van der Waals surface area contributed by atoms with E-state index in [-0.39, 0.29) is 10.8 Å². The molecule has 1 amide bonds. The van der Waals surface area contributed by atoms with E-state index in [1.165, 1.54) is 0 Å². The van der Waals surface area contributed by atoms with E-state index in [2.05, 4.69) is 20.7 Å². The van der Waals surface area contributed by atoms with Crippen LogP contribution in [0.4, 0.5) is 11.4 Å². The van der Waals surface area contributed by atoms with E-state index in [0.717, 1.165) is 5.56 Å². The maximum Gasteiger partial charge on any atom is 0.263 e. The van der Waals surface area contributed by atoms with Gasteiger partial charge < -0.3 is 14.4 Å². The molecule has 0 radical (unpaired) electrons. The van der Waals surface area contributed by atoms with Gasteiger partial charge in [-0.2, -0.15) is 0 Å². The number of anilines is 2. The molecule has 2 heterocycles. The summed E-state index contributed by atoms with van der Waals surface area (Å²) in [6.45, 7) is 3.24. The zero-order valence-electron chi connectivity index (χ0n) is 15.2. The van der Waals surface area contributed by atoms with Crippen LogP contribution in [0.15, 0.2) is 39.7 Å². The van der Waals surface area contributed by atoms with E-state index in [1.54, 1.807) is 42.2 Å². The Bertz CT molecular complexity index is 1050. The molecule has 0 spiro atoms. The van der Waals surface area contributed by atoms with Crippen molar-refractivity contribution in [2.75, 3.05) is 29.4 Å². The minimum absolute atomic E-state index is 0.0239. The van der Waals surface area contributed by atoms with Crippen molar-refractivity contribution in [2.24, 2.45) is 0 Å². The van der Waals surface area contributed by atoms with Crippen molar-refractivity contribution in [1.29, 1.82) is 0 Å². The predicted molar refractivity (Wildman–Crippen MR) is 109 cm³/mol. The predicted octanol–water partition coefficient (Wildman–Crippen LogP) is 3.32. The summed E-state index contributed by atoms with van der Waals surface area (Å²) in [4.78, 5) is 13.9. The van der Waals surface area contributed by atoms with E-state index in [4.69, 9.17) is 9.47 Å². The van der Waals surface area contributed by atoms with Crippen molar-refractivity contribution >= 4 is 43.2 Å². The molecule has 1 N–H and O–H groups in total. The molecule has 148 valence electrons. The number of halogens is 1. The molecule has 0 bridgehead atoms. The molecule has 4 rings (SSSR count). The Morgan fingerprint density at radius 3 is 2.68 bits per heavy atom. The first kappa shape index (κ1) is 19.1. The standard InChI is InChI=1S/C19H19BrN2O5S/c1-2-19(23)22-6-5-12-9-14(20)18(11-15(12)22)28(24,25)21-13-3-4-16-17(10-13)27-8-7-26-16/h3-4,9-11,21H,2,5-8H2,1H3. The Hall–Kier alpha value is -2.26. The zero-order valence-corrected chi connectivity index (χ0v) is 17.6. The van der Waals surface area contributed by atoms with Crippen LogP contribution in [0.2, 0.25) is 0 Å². The number of carbonyl (C=O) groups excluding carboxylic acids is 1. The first-order valence-corrected chi connectivity index (χ1v) is 11.2. The van der Waals surface area contributed by atoms with Gasteiger partial charge in [0.15, 0.2) is 11.5 Å². The average molecular weight is 467 g/mol. The second kappa shape index (κ2) is 7.29. The van der Waals surface area contributed by atoms with Crippen molar-refractivity contribution < 1.29 is 22.7 Å². The van der Waals surface area contributed by atoms with Gasteiger partial charge in [-0.15, -0.1) is 0 Å². The number of amides is 1. The van der Waals surface area contributed by atoms with Crippen LogP contribution < -0.4 is 19.1 Å². The molecule has 7 nitrogen and oxygen atoms in total. The number of carbonyl (C=O) groups is 1. The molecular formula is C19H19BrN2O5S. The number of hydrogen-bond acceptors (Lipinski definition) is 5. The summed E-state index contributed by atoms with van der Waals surface area (Å²) in [5.74, 6) is 1.06. The fraction of sp³-hybridized carbons (Fsp3) is 0.316. The lowest BCUT2D eigenvalue weighted by Crippen LogP contribution is -2.28. The third-order valence-electron chi connectivity index (χ3n) is 4.72. The van der Waals surface area contributed by atoms with Gasteiger partial charge in [-0.25, -0.2) is 8.42 Å². The highest BCUT2D eigenvalue weighted by atomic mass is 79.9. The SMILES string of the molecule is CCC(=O)N1CCc2cc(Br)c(S(=O)(=O)Nc3ccc4c(c3)OCCO4)cc21. The maximum absolute atomic E-state index is 13.0. The van der Waals surface area contributed by atoms with Crippen molar-refractivity contribution in [1.82, 2.24) is 0 Å². The van der Waals surface area contributed by atoms with Gasteiger partial charge in [0, 0.05) is 29.2 Å². The largest absolute Gasteiger partial charge is 0.486 e. The molecule has 2 aliphatic rings. The van der Waals surface area contributed by atoms with Gasteiger partial charge in [-0.3, -0.25) is 9.52 Å². The Kier molecular flexibility index (Phi) is 4.96. The topological polar surface area (TPSA) is 84.9 Å². The van der Waals surface area contributed by atoms with Crippen LogP contribution >= 0.6 is 15.9 Å². The molecule has 2 aromatic carbocycles. The van der Waals surface area contributed by atoms with Crippen LogP contribution in [0.1, 0.15) is 18.9 Å². The highest BCUT2D eigenvalue weighted by Gasteiger charge is 2.28. The summed E-state index contributed by atoms with van der Waals surface area (Å²) in [5, 5.41) is 0. The van der Waals surface area contributed by atoms with Gasteiger partial charge in [0.1, 0.15) is 18.1 Å². The molecule has 0 fully saturated rings. The van der Waals surface area contributed by atoms with E-state index in [1.807, 2.05) is 0 Å². The molecule has 9 heteroatoms. The Labute approximate surface area is 171 Å². The summed E-state index contributed by atoms with van der Waals surface area (Å²) < 4.78 is 40.0. The summed E-state index contributed by atoms with van der Waals surface area (Å²) in [7, 11) is -3.88. The van der Waals surface area contributed by atoms with Crippen molar-refractivity contribution in [3.63, 3.8) is 0 Å². The second-order valence-electron chi connectivity index (χ2n) is 6.52. The molecule has 2 aliphatic heterocycles. The molecule has 2 aromatic rings. The Morgan fingerprint density at radius 1 is 1.18 bits per heavy atom. The Morgan fingerprint density at radius 2 is 1.93 bits per heavy atom. The van der Waals surface area contributed by atoms with E-state index in [9.17, 15) is 13.2 Å². The highest BCUT2D eigenvalue weighted by molar-refractivity contribution is 9.10. The number of nitrogens with zero attached hydrogens (tertiary/aromatic N) is 1. The smallest absolute Gasteiger partial charge is 0.263 e. The lowest BCUT2D eigenvalue weighted by atomic mass is 10.2. The first-order chi connectivity index (χ1) is 13.4. The number of rotatable bonds is 4. The van der Waals surface area contributed by atoms with Crippen LogP contribution in [0, 0.1) is 0 Å². The van der Waals surface area contributed by atoms with Crippen molar-refractivity contribution in [3.8, 4) is 11.5 Å². The third kappa shape index (κ3) is 3.44. The van der Waals surface area contributed by atoms with Crippen molar-refractivity contribution in [2.45, 2.75) is 24.7 Å². The zero-order chi connectivity index (χ0) is 19.9. The summed E-state index contributed by atoms with van der Waals surface area (Å²) >= 11 is 3.37. The van der Waals surface area contributed by atoms with E-state index >= 15 is 0 Å². The number of fused-ring (bicyclic) bond motifs is 2. The summed E-state index contributed by atoms with van der Waals surface area (Å²) in [5.41, 5.74) is 1.97.